The van der Waals surface area contributed by atoms with Gasteiger partial charge in [-0.05, 0) is 37.6 Å². The van der Waals surface area contributed by atoms with Crippen LogP contribution in [0.2, 0.25) is 0 Å². The molecule has 0 saturated carbocycles. The van der Waals surface area contributed by atoms with Crippen molar-refractivity contribution in [2.75, 3.05) is 16.8 Å². The molecule has 7 nitrogen and oxygen atoms in total. The lowest BCUT2D eigenvalue weighted by Gasteiger charge is -2.14. The first-order valence-electron chi connectivity index (χ1n) is 8.45. The van der Waals surface area contributed by atoms with Crippen LogP contribution < -0.4 is 5.32 Å². The number of rotatable bonds is 3. The quantitative estimate of drug-likeness (QED) is 0.764. The number of aromatic nitrogens is 3. The molecule has 0 aliphatic carbocycles. The molecule has 136 valence electrons. The number of anilines is 1. The largest absolute Gasteiger partial charge is 0.351 e. The van der Waals surface area contributed by atoms with E-state index in [1.807, 2.05) is 42.9 Å². The third-order valence-corrected chi connectivity index (χ3v) is 6.55. The second-order valence-corrected chi connectivity index (χ2v) is 9.06. The summed E-state index contributed by atoms with van der Waals surface area (Å²) in [6.45, 7) is 1.83. The number of hydrogen-bond donors (Lipinski definition) is 1. The highest BCUT2D eigenvalue weighted by atomic mass is 32.2. The van der Waals surface area contributed by atoms with Crippen LogP contribution in [0, 0.1) is 6.92 Å². The molecule has 1 aliphatic heterocycles. The molecule has 0 spiro atoms. The number of carbonyl (C=O) groups is 1. The van der Waals surface area contributed by atoms with E-state index in [9.17, 15) is 13.2 Å². The van der Waals surface area contributed by atoms with Gasteiger partial charge in [-0.3, -0.25) is 4.79 Å². The van der Waals surface area contributed by atoms with E-state index in [1.54, 1.807) is 16.8 Å². The molecule has 3 aromatic rings. The molecule has 1 saturated heterocycles. The third kappa shape index (κ3) is 3.01. The van der Waals surface area contributed by atoms with Gasteiger partial charge in [0.1, 0.15) is 5.82 Å². The Kier molecular flexibility index (Phi) is 3.87. The van der Waals surface area contributed by atoms with Crippen molar-refractivity contribution in [3.05, 3.63) is 47.8 Å². The van der Waals surface area contributed by atoms with E-state index in [0.717, 1.165) is 16.6 Å². The van der Waals surface area contributed by atoms with Gasteiger partial charge in [-0.15, -0.1) is 0 Å². The average Bonchev–Trinajstić information content (AvgIpc) is 3.25. The molecule has 0 unspecified atom stereocenters. The van der Waals surface area contributed by atoms with Gasteiger partial charge in [0.05, 0.1) is 23.2 Å². The van der Waals surface area contributed by atoms with E-state index in [4.69, 9.17) is 0 Å². The molecule has 26 heavy (non-hydrogen) atoms. The summed E-state index contributed by atoms with van der Waals surface area (Å²) < 4.78 is 27.2. The second-order valence-electron chi connectivity index (χ2n) is 6.83. The maximum Gasteiger partial charge on any atom is 0.256 e. The van der Waals surface area contributed by atoms with Gasteiger partial charge in [-0.25, -0.2) is 13.1 Å². The van der Waals surface area contributed by atoms with Gasteiger partial charge >= 0.3 is 0 Å². The fraction of sp³-hybridized carbons (Fsp3) is 0.333. The molecule has 2 aromatic heterocycles. The molecular formula is C18H20N4O3S. The minimum atomic E-state index is -3.03. The fourth-order valence-corrected chi connectivity index (χ4v) is 5.16. The number of sulfone groups is 1. The van der Waals surface area contributed by atoms with Gasteiger partial charge in [-0.1, -0.05) is 0 Å². The maximum atomic E-state index is 12.7. The first kappa shape index (κ1) is 16.8. The van der Waals surface area contributed by atoms with Crippen LogP contribution in [0.5, 0.6) is 0 Å². The van der Waals surface area contributed by atoms with Crippen LogP contribution in [-0.2, 0) is 16.9 Å². The number of nitrogens with zero attached hydrogens (tertiary/aromatic N) is 3. The first-order chi connectivity index (χ1) is 12.3. The van der Waals surface area contributed by atoms with Crippen LogP contribution in [-0.4, -0.2) is 40.2 Å². The van der Waals surface area contributed by atoms with Gasteiger partial charge in [0, 0.05) is 35.8 Å². The molecule has 0 radical (unpaired) electrons. The highest BCUT2D eigenvalue weighted by Crippen LogP contribution is 2.27. The van der Waals surface area contributed by atoms with E-state index < -0.39 is 9.84 Å². The second kappa shape index (κ2) is 5.98. The molecular weight excluding hydrogens is 352 g/mol. The van der Waals surface area contributed by atoms with Crippen LogP contribution in [0.4, 0.5) is 5.82 Å². The van der Waals surface area contributed by atoms with Crippen molar-refractivity contribution in [3.8, 4) is 0 Å². The van der Waals surface area contributed by atoms with Crippen LogP contribution >= 0.6 is 0 Å². The number of carbonyl (C=O) groups excluding carboxylic acids is 1. The van der Waals surface area contributed by atoms with E-state index in [2.05, 4.69) is 10.4 Å². The predicted octanol–water partition coefficient (Wildman–Crippen LogP) is 2.30. The highest BCUT2D eigenvalue weighted by Gasteiger charge is 2.31. The van der Waals surface area contributed by atoms with E-state index >= 15 is 0 Å². The van der Waals surface area contributed by atoms with E-state index in [-0.39, 0.29) is 23.5 Å². The summed E-state index contributed by atoms with van der Waals surface area (Å²) in [6.07, 6.45) is 2.47. The molecule has 8 heteroatoms. The molecule has 4 rings (SSSR count). The smallest absolute Gasteiger partial charge is 0.256 e. The zero-order valence-corrected chi connectivity index (χ0v) is 15.5. The summed E-state index contributed by atoms with van der Waals surface area (Å²) in [5.74, 6) is 0.516. The van der Waals surface area contributed by atoms with Crippen molar-refractivity contribution in [2.45, 2.75) is 19.4 Å². The molecule has 1 N–H and O–H groups in total. The van der Waals surface area contributed by atoms with Crippen LogP contribution in [0.3, 0.4) is 0 Å². The van der Waals surface area contributed by atoms with Crippen molar-refractivity contribution in [1.82, 2.24) is 14.3 Å². The summed E-state index contributed by atoms with van der Waals surface area (Å²) in [5, 5.41) is 8.27. The zero-order chi connectivity index (χ0) is 18.5. The van der Waals surface area contributed by atoms with Crippen molar-refractivity contribution >= 4 is 32.5 Å². The highest BCUT2D eigenvalue weighted by molar-refractivity contribution is 7.91. The van der Waals surface area contributed by atoms with Gasteiger partial charge in [-0.2, -0.15) is 5.10 Å². The van der Waals surface area contributed by atoms with E-state index in [0.29, 0.717) is 17.8 Å². The first-order valence-corrected chi connectivity index (χ1v) is 10.3. The summed E-state index contributed by atoms with van der Waals surface area (Å²) in [6, 6.07) is 9.04. The topological polar surface area (TPSA) is 86.0 Å². The Morgan fingerprint density at radius 3 is 2.81 bits per heavy atom. The molecule has 1 amide bonds. The standard InChI is InChI=1S/C18H20N4O3S/c1-12-9-17(22(20-12)15-6-8-26(24,25)11-15)19-18(23)14-3-4-16-13(10-14)5-7-21(16)2/h3-5,7,9-10,15H,6,8,11H2,1-2H3,(H,19,23)/t15-/m1/s1. The summed E-state index contributed by atoms with van der Waals surface area (Å²) in [5.41, 5.74) is 2.34. The summed E-state index contributed by atoms with van der Waals surface area (Å²) in [4.78, 5) is 12.7. The lowest BCUT2D eigenvalue weighted by Crippen LogP contribution is -2.19. The predicted molar refractivity (Wildman–Crippen MR) is 100 cm³/mol. The Hall–Kier alpha value is -2.61. The average molecular weight is 372 g/mol. The van der Waals surface area contributed by atoms with Gasteiger partial charge in [0.25, 0.3) is 5.91 Å². The number of amides is 1. The molecule has 0 bridgehead atoms. The molecule has 1 aromatic carbocycles. The van der Waals surface area contributed by atoms with Crippen LogP contribution in [0.25, 0.3) is 10.9 Å². The Morgan fingerprint density at radius 1 is 1.27 bits per heavy atom. The summed E-state index contributed by atoms with van der Waals surface area (Å²) >= 11 is 0. The number of aryl methyl sites for hydroxylation is 2. The number of nitrogens with one attached hydrogen (secondary N) is 1. The van der Waals surface area contributed by atoms with Crippen molar-refractivity contribution in [1.29, 1.82) is 0 Å². The minimum Gasteiger partial charge on any atom is -0.351 e. The third-order valence-electron chi connectivity index (χ3n) is 4.80. The zero-order valence-electron chi connectivity index (χ0n) is 14.6. The van der Waals surface area contributed by atoms with Crippen molar-refractivity contribution in [2.24, 2.45) is 7.05 Å². The van der Waals surface area contributed by atoms with Gasteiger partial charge in [0.15, 0.2) is 9.84 Å². The number of hydrogen-bond acceptors (Lipinski definition) is 4. The molecule has 1 fully saturated rings. The number of fused-ring (bicyclic) bond motifs is 1. The minimum absolute atomic E-state index is 0.0625. The fourth-order valence-electron chi connectivity index (χ4n) is 3.47. The maximum absolute atomic E-state index is 12.7. The van der Waals surface area contributed by atoms with E-state index in [1.165, 1.54) is 0 Å². The van der Waals surface area contributed by atoms with Crippen molar-refractivity contribution in [3.63, 3.8) is 0 Å². The SMILES string of the molecule is Cc1cc(NC(=O)c2ccc3c(ccn3C)c2)n([C@@H]2CCS(=O)(=O)C2)n1. The molecule has 1 atom stereocenters. The van der Waals surface area contributed by atoms with Crippen molar-refractivity contribution < 1.29 is 13.2 Å². The lowest BCUT2D eigenvalue weighted by atomic mass is 10.1. The van der Waals surface area contributed by atoms with Crippen LogP contribution in [0.1, 0.15) is 28.5 Å². The Balaban J connectivity index is 1.61. The Bertz CT molecular complexity index is 1110. The normalized spacial score (nSPS) is 19.1. The van der Waals surface area contributed by atoms with Gasteiger partial charge < -0.3 is 9.88 Å². The monoisotopic (exact) mass is 372 g/mol. The molecule has 3 heterocycles. The lowest BCUT2D eigenvalue weighted by molar-refractivity contribution is 0.102. The summed E-state index contributed by atoms with van der Waals surface area (Å²) in [7, 11) is -1.07. The van der Waals surface area contributed by atoms with Crippen LogP contribution in [0.15, 0.2) is 36.5 Å². The number of benzene rings is 1. The van der Waals surface area contributed by atoms with Gasteiger partial charge in [0.2, 0.25) is 0 Å². The molecule has 1 aliphatic rings. The Morgan fingerprint density at radius 2 is 2.08 bits per heavy atom. The Labute approximate surface area is 151 Å².